The number of carbonyl (C=O) groups excluding carboxylic acids is 2. The third kappa shape index (κ3) is 1.27. The fourth-order valence-corrected chi connectivity index (χ4v) is 3.11. The van der Waals surface area contributed by atoms with Crippen LogP contribution in [0.5, 0.6) is 0 Å². The van der Waals surface area contributed by atoms with E-state index in [2.05, 4.69) is 9.97 Å². The van der Waals surface area contributed by atoms with Crippen LogP contribution >= 0.6 is 0 Å². The second-order valence-electron chi connectivity index (χ2n) is 6.04. The van der Waals surface area contributed by atoms with Crippen LogP contribution in [0, 0.1) is 6.92 Å². The van der Waals surface area contributed by atoms with Crippen molar-refractivity contribution in [2.45, 2.75) is 33.1 Å². The quantitative estimate of drug-likeness (QED) is 0.634. The van der Waals surface area contributed by atoms with Crippen molar-refractivity contribution in [3.63, 3.8) is 0 Å². The Kier molecular flexibility index (Phi) is 1.98. The van der Waals surface area contributed by atoms with Gasteiger partial charge in [-0.25, -0.2) is 9.97 Å². The van der Waals surface area contributed by atoms with Crippen LogP contribution in [0.25, 0.3) is 22.1 Å². The van der Waals surface area contributed by atoms with Crippen molar-refractivity contribution in [1.29, 1.82) is 0 Å². The van der Waals surface area contributed by atoms with Crippen molar-refractivity contribution in [3.8, 4) is 0 Å². The van der Waals surface area contributed by atoms with Crippen LogP contribution in [-0.4, -0.2) is 30.9 Å². The first-order chi connectivity index (χ1) is 9.82. The molecule has 0 fully saturated rings. The first-order valence-corrected chi connectivity index (χ1v) is 6.80. The van der Waals surface area contributed by atoms with Crippen LogP contribution < -0.4 is 0 Å². The maximum atomic E-state index is 12.2. The molecule has 0 amide bonds. The molecule has 1 aliphatic heterocycles. The molecular weight excluding hydrogens is 268 g/mol. The van der Waals surface area contributed by atoms with Gasteiger partial charge in [0.05, 0.1) is 22.1 Å². The average Bonchev–Trinajstić information content (AvgIpc) is 2.90. The molecule has 1 aromatic carbocycles. The predicted octanol–water partition coefficient (Wildman–Crippen LogP) is 2.29. The largest absolute Gasteiger partial charge is 0.274 e. The summed E-state index contributed by atoms with van der Waals surface area (Å²) in [6, 6.07) is 3.67. The van der Waals surface area contributed by atoms with E-state index < -0.39 is 5.41 Å². The molecule has 0 N–H and O–H groups in total. The molecule has 0 saturated carbocycles. The number of hydrogen-bond donors (Lipinski definition) is 0. The SMILES string of the molecule is CC(=O)n1c(C)nc2cc3nc4n(c3cc21)C(=O)C4(C)C. The fourth-order valence-electron chi connectivity index (χ4n) is 3.11. The fraction of sp³-hybridized carbons (Fsp3) is 0.333. The van der Waals surface area contributed by atoms with Gasteiger partial charge in [0.25, 0.3) is 0 Å². The predicted molar refractivity (Wildman–Crippen MR) is 77.7 cm³/mol. The summed E-state index contributed by atoms with van der Waals surface area (Å²) < 4.78 is 3.19. The molecule has 6 nitrogen and oxygen atoms in total. The molecule has 4 rings (SSSR count). The van der Waals surface area contributed by atoms with E-state index in [1.54, 1.807) is 16.1 Å². The third-order valence-electron chi connectivity index (χ3n) is 4.21. The summed E-state index contributed by atoms with van der Waals surface area (Å²) in [5.41, 5.74) is 2.38. The topological polar surface area (TPSA) is 69.8 Å². The van der Waals surface area contributed by atoms with E-state index in [-0.39, 0.29) is 11.8 Å². The van der Waals surface area contributed by atoms with Crippen molar-refractivity contribution in [3.05, 3.63) is 23.8 Å². The lowest BCUT2D eigenvalue weighted by atomic mass is 9.85. The summed E-state index contributed by atoms with van der Waals surface area (Å²) in [6.07, 6.45) is 0. The summed E-state index contributed by atoms with van der Waals surface area (Å²) in [6.45, 7) is 7.03. The van der Waals surface area contributed by atoms with E-state index in [1.807, 2.05) is 26.0 Å². The summed E-state index contributed by atoms with van der Waals surface area (Å²) in [4.78, 5) is 33.0. The zero-order valence-corrected chi connectivity index (χ0v) is 12.3. The highest BCUT2D eigenvalue weighted by molar-refractivity contribution is 6.06. The number of benzene rings is 1. The Labute approximate surface area is 120 Å². The Morgan fingerprint density at radius 1 is 1.14 bits per heavy atom. The molecule has 2 aromatic heterocycles. The Bertz CT molecular complexity index is 975. The number of hydrogen-bond acceptors (Lipinski definition) is 4. The molecule has 3 aromatic rings. The first kappa shape index (κ1) is 12.3. The Morgan fingerprint density at radius 3 is 2.48 bits per heavy atom. The number of nitrogens with zero attached hydrogens (tertiary/aromatic N) is 4. The lowest BCUT2D eigenvalue weighted by molar-refractivity contribution is 0.0731. The molecule has 0 saturated heterocycles. The van der Waals surface area contributed by atoms with E-state index in [4.69, 9.17) is 0 Å². The molecule has 0 atom stereocenters. The molecule has 0 unspecified atom stereocenters. The van der Waals surface area contributed by atoms with Gasteiger partial charge in [0, 0.05) is 6.92 Å². The first-order valence-electron chi connectivity index (χ1n) is 6.80. The number of aryl methyl sites for hydroxylation is 1. The Hall–Kier alpha value is -2.50. The zero-order chi connectivity index (χ0) is 15.1. The van der Waals surface area contributed by atoms with Gasteiger partial charge in [-0.15, -0.1) is 0 Å². The van der Waals surface area contributed by atoms with Crippen LogP contribution in [0.1, 0.15) is 42.0 Å². The molecule has 1 aliphatic rings. The van der Waals surface area contributed by atoms with Crippen LogP contribution in [0.15, 0.2) is 12.1 Å². The summed E-state index contributed by atoms with van der Waals surface area (Å²) in [5, 5.41) is 0. The number of imidazole rings is 2. The van der Waals surface area contributed by atoms with Crippen LogP contribution in [0.4, 0.5) is 0 Å². The number of aromatic nitrogens is 4. The van der Waals surface area contributed by atoms with Gasteiger partial charge in [-0.3, -0.25) is 18.7 Å². The van der Waals surface area contributed by atoms with Crippen molar-refractivity contribution in [2.24, 2.45) is 0 Å². The van der Waals surface area contributed by atoms with Gasteiger partial charge in [-0.1, -0.05) is 0 Å². The van der Waals surface area contributed by atoms with Crippen LogP contribution in [0.2, 0.25) is 0 Å². The molecule has 0 radical (unpaired) electrons. The molecule has 0 aliphatic carbocycles. The molecule has 0 bridgehead atoms. The lowest BCUT2D eigenvalue weighted by Gasteiger charge is -2.33. The smallest absolute Gasteiger partial charge is 0.245 e. The molecule has 21 heavy (non-hydrogen) atoms. The summed E-state index contributed by atoms with van der Waals surface area (Å²) in [5.74, 6) is 1.34. The van der Waals surface area contributed by atoms with Gasteiger partial charge >= 0.3 is 0 Å². The minimum Gasteiger partial charge on any atom is -0.274 e. The molecule has 0 spiro atoms. The second kappa shape index (κ2) is 3.39. The Morgan fingerprint density at radius 2 is 1.81 bits per heavy atom. The highest BCUT2D eigenvalue weighted by Gasteiger charge is 2.47. The molecular formula is C15H14N4O2. The zero-order valence-electron chi connectivity index (χ0n) is 12.3. The van der Waals surface area contributed by atoms with Crippen LogP contribution in [0.3, 0.4) is 0 Å². The van der Waals surface area contributed by atoms with Crippen molar-refractivity contribution < 1.29 is 9.59 Å². The highest BCUT2D eigenvalue weighted by Crippen LogP contribution is 2.38. The second-order valence-corrected chi connectivity index (χ2v) is 6.04. The van der Waals surface area contributed by atoms with Gasteiger partial charge in [0.2, 0.25) is 11.8 Å². The number of carbonyl (C=O) groups is 2. The lowest BCUT2D eigenvalue weighted by Crippen LogP contribution is -2.47. The third-order valence-corrected chi connectivity index (χ3v) is 4.21. The maximum Gasteiger partial charge on any atom is 0.245 e. The van der Waals surface area contributed by atoms with E-state index in [0.29, 0.717) is 11.3 Å². The minimum absolute atomic E-state index is 0.0324. The van der Waals surface area contributed by atoms with E-state index in [0.717, 1.165) is 22.4 Å². The summed E-state index contributed by atoms with van der Waals surface area (Å²) >= 11 is 0. The van der Waals surface area contributed by atoms with Crippen molar-refractivity contribution in [2.75, 3.05) is 0 Å². The Balaban J connectivity index is 2.13. The van der Waals surface area contributed by atoms with E-state index >= 15 is 0 Å². The summed E-state index contributed by atoms with van der Waals surface area (Å²) in [7, 11) is 0. The van der Waals surface area contributed by atoms with Gasteiger partial charge in [-0.2, -0.15) is 0 Å². The van der Waals surface area contributed by atoms with E-state index in [1.165, 1.54) is 6.92 Å². The molecule has 6 heteroatoms. The molecule has 106 valence electrons. The van der Waals surface area contributed by atoms with Crippen LogP contribution in [-0.2, 0) is 5.41 Å². The minimum atomic E-state index is -0.539. The van der Waals surface area contributed by atoms with Gasteiger partial charge in [0.15, 0.2) is 0 Å². The van der Waals surface area contributed by atoms with Gasteiger partial charge in [0.1, 0.15) is 17.1 Å². The van der Waals surface area contributed by atoms with Gasteiger partial charge < -0.3 is 0 Å². The van der Waals surface area contributed by atoms with E-state index in [9.17, 15) is 9.59 Å². The number of fused-ring (bicyclic) bond motifs is 4. The monoisotopic (exact) mass is 282 g/mol. The van der Waals surface area contributed by atoms with Crippen molar-refractivity contribution >= 4 is 33.9 Å². The standard InChI is InChI=1S/C15H14N4O2/c1-7-16-9-5-10-12(6-11(9)18(7)8(2)20)19-13(17-10)15(3,4)14(19)21/h5-6H,1-4H3. The average molecular weight is 282 g/mol. The number of rotatable bonds is 0. The van der Waals surface area contributed by atoms with Crippen molar-refractivity contribution in [1.82, 2.24) is 19.1 Å². The molecule has 3 heterocycles. The maximum absolute atomic E-state index is 12.2. The van der Waals surface area contributed by atoms with Gasteiger partial charge in [-0.05, 0) is 32.9 Å². The normalized spacial score (nSPS) is 16.3. The highest BCUT2D eigenvalue weighted by atomic mass is 16.2.